The summed E-state index contributed by atoms with van der Waals surface area (Å²) in [5.74, 6) is 0.885. The summed E-state index contributed by atoms with van der Waals surface area (Å²) in [5.41, 5.74) is 0. The van der Waals surface area contributed by atoms with E-state index >= 15 is 0 Å². The third-order valence-electron chi connectivity index (χ3n) is 3.47. The second kappa shape index (κ2) is 5.16. The van der Waals surface area contributed by atoms with Gasteiger partial charge in [0.25, 0.3) is 0 Å². The normalized spacial score (nSPS) is 32.8. The topological polar surface area (TPSA) is 69.6 Å². The van der Waals surface area contributed by atoms with Crippen molar-refractivity contribution in [3.05, 3.63) is 0 Å². The Morgan fingerprint density at radius 1 is 1.41 bits per heavy atom. The number of carboxylic acid groups (broad SMARTS) is 1. The van der Waals surface area contributed by atoms with Gasteiger partial charge in [-0.05, 0) is 18.1 Å². The van der Waals surface area contributed by atoms with Crippen LogP contribution in [0.15, 0.2) is 0 Å². The van der Waals surface area contributed by atoms with Gasteiger partial charge >= 0.3 is 12.0 Å². The van der Waals surface area contributed by atoms with Crippen LogP contribution in [0.2, 0.25) is 0 Å². The quantitative estimate of drug-likeness (QED) is 0.770. The Morgan fingerprint density at radius 3 is 2.71 bits per heavy atom. The first-order valence-electron chi connectivity index (χ1n) is 5.94. The number of nitrogens with one attached hydrogen (secondary N) is 1. The maximum atomic E-state index is 11.9. The summed E-state index contributed by atoms with van der Waals surface area (Å²) in [6, 6.07) is 0.153. The zero-order chi connectivity index (χ0) is 12.4. The molecule has 0 aromatic rings. The average molecular weight is 258 g/mol. The minimum Gasteiger partial charge on any atom is -0.481 e. The van der Waals surface area contributed by atoms with Gasteiger partial charge in [0.2, 0.25) is 0 Å². The second-order valence-electron chi connectivity index (χ2n) is 4.84. The summed E-state index contributed by atoms with van der Waals surface area (Å²) < 4.78 is 0. The summed E-state index contributed by atoms with van der Waals surface area (Å²) >= 11 is 1.85. The molecular weight excluding hydrogens is 240 g/mol. The Kier molecular flexibility index (Phi) is 3.81. The lowest BCUT2D eigenvalue weighted by atomic mass is 9.99. The fourth-order valence-corrected chi connectivity index (χ4v) is 3.52. The number of hydrogen-bond acceptors (Lipinski definition) is 3. The number of amides is 2. The fourth-order valence-electron chi connectivity index (χ4n) is 2.37. The van der Waals surface area contributed by atoms with Gasteiger partial charge in [0, 0.05) is 24.9 Å². The molecule has 3 unspecified atom stereocenters. The Labute approximate surface area is 105 Å². The third kappa shape index (κ3) is 2.86. The van der Waals surface area contributed by atoms with Crippen molar-refractivity contribution in [2.24, 2.45) is 11.8 Å². The van der Waals surface area contributed by atoms with Crippen molar-refractivity contribution < 1.29 is 14.7 Å². The van der Waals surface area contributed by atoms with Crippen LogP contribution in [0.5, 0.6) is 0 Å². The molecular formula is C11H18N2O3S. The molecule has 3 atom stereocenters. The first kappa shape index (κ1) is 12.5. The van der Waals surface area contributed by atoms with Gasteiger partial charge in [-0.25, -0.2) is 4.79 Å². The molecule has 0 aromatic carbocycles. The number of nitrogens with zero attached hydrogens (tertiary/aromatic N) is 1. The van der Waals surface area contributed by atoms with E-state index in [0.717, 1.165) is 17.9 Å². The summed E-state index contributed by atoms with van der Waals surface area (Å²) in [4.78, 5) is 24.5. The van der Waals surface area contributed by atoms with Crippen LogP contribution in [0.4, 0.5) is 4.79 Å². The average Bonchev–Trinajstić information content (AvgIpc) is 2.86. The Hall–Kier alpha value is -0.910. The zero-order valence-electron chi connectivity index (χ0n) is 9.89. The molecule has 2 fully saturated rings. The van der Waals surface area contributed by atoms with Gasteiger partial charge in [-0.2, -0.15) is 11.8 Å². The van der Waals surface area contributed by atoms with Crippen molar-refractivity contribution in [3.8, 4) is 0 Å². The Morgan fingerprint density at radius 2 is 2.18 bits per heavy atom. The molecule has 6 heteroatoms. The Balaban J connectivity index is 1.86. The molecule has 0 aliphatic carbocycles. The van der Waals surface area contributed by atoms with E-state index in [1.807, 2.05) is 18.7 Å². The van der Waals surface area contributed by atoms with Gasteiger partial charge < -0.3 is 15.3 Å². The number of thioether (sulfide) groups is 1. The van der Waals surface area contributed by atoms with E-state index in [-0.39, 0.29) is 18.0 Å². The highest BCUT2D eigenvalue weighted by atomic mass is 32.2. The molecule has 2 saturated heterocycles. The van der Waals surface area contributed by atoms with Gasteiger partial charge in [-0.3, -0.25) is 4.79 Å². The standard InChI is InChI=1S/C11H18N2O3S/c1-7-4-13(5-9(7)10(14)15)11(16)12-8-2-3-17-6-8/h7-9H,2-6H2,1H3,(H,12,16)(H,14,15). The number of aliphatic carboxylic acids is 1. The van der Waals surface area contributed by atoms with Crippen molar-refractivity contribution in [3.63, 3.8) is 0 Å². The van der Waals surface area contributed by atoms with Crippen LogP contribution in [0.1, 0.15) is 13.3 Å². The maximum Gasteiger partial charge on any atom is 0.317 e. The van der Waals surface area contributed by atoms with Crippen LogP contribution >= 0.6 is 11.8 Å². The SMILES string of the molecule is CC1CN(C(=O)NC2CCSC2)CC1C(=O)O. The molecule has 0 radical (unpaired) electrons. The highest BCUT2D eigenvalue weighted by Gasteiger charge is 2.37. The molecule has 0 saturated carbocycles. The monoisotopic (exact) mass is 258 g/mol. The smallest absolute Gasteiger partial charge is 0.317 e. The molecule has 2 amide bonds. The van der Waals surface area contributed by atoms with Crippen LogP contribution in [0, 0.1) is 11.8 Å². The minimum atomic E-state index is -0.802. The lowest BCUT2D eigenvalue weighted by Gasteiger charge is -2.19. The molecule has 96 valence electrons. The van der Waals surface area contributed by atoms with E-state index in [1.165, 1.54) is 0 Å². The largest absolute Gasteiger partial charge is 0.481 e. The number of hydrogen-bond donors (Lipinski definition) is 2. The predicted molar refractivity (Wildman–Crippen MR) is 66.1 cm³/mol. The maximum absolute atomic E-state index is 11.9. The van der Waals surface area contributed by atoms with Crippen molar-refractivity contribution in [2.45, 2.75) is 19.4 Å². The van der Waals surface area contributed by atoms with Gasteiger partial charge in [-0.1, -0.05) is 6.92 Å². The van der Waals surface area contributed by atoms with Gasteiger partial charge in [-0.15, -0.1) is 0 Å². The number of likely N-dealkylation sites (tertiary alicyclic amines) is 1. The molecule has 17 heavy (non-hydrogen) atoms. The second-order valence-corrected chi connectivity index (χ2v) is 5.99. The molecule has 2 rings (SSSR count). The van der Waals surface area contributed by atoms with Crippen LogP contribution in [0.3, 0.4) is 0 Å². The summed E-state index contributed by atoms with van der Waals surface area (Å²) in [6.45, 7) is 2.77. The van der Waals surface area contributed by atoms with Crippen LogP contribution in [0.25, 0.3) is 0 Å². The molecule has 0 spiro atoms. The van der Waals surface area contributed by atoms with E-state index in [2.05, 4.69) is 5.32 Å². The molecule has 2 heterocycles. The van der Waals surface area contributed by atoms with E-state index < -0.39 is 11.9 Å². The van der Waals surface area contributed by atoms with Crippen molar-refractivity contribution in [1.82, 2.24) is 10.2 Å². The highest BCUT2D eigenvalue weighted by molar-refractivity contribution is 7.99. The van der Waals surface area contributed by atoms with Crippen molar-refractivity contribution in [1.29, 1.82) is 0 Å². The van der Waals surface area contributed by atoms with E-state index in [0.29, 0.717) is 13.1 Å². The fraction of sp³-hybridized carbons (Fsp3) is 0.818. The van der Waals surface area contributed by atoms with Gasteiger partial charge in [0.1, 0.15) is 0 Å². The molecule has 5 nitrogen and oxygen atoms in total. The zero-order valence-corrected chi connectivity index (χ0v) is 10.7. The first-order valence-corrected chi connectivity index (χ1v) is 7.09. The van der Waals surface area contributed by atoms with Gasteiger partial charge in [0.05, 0.1) is 5.92 Å². The number of carbonyl (C=O) groups excluding carboxylic acids is 1. The number of rotatable bonds is 2. The van der Waals surface area contributed by atoms with Crippen molar-refractivity contribution in [2.75, 3.05) is 24.6 Å². The van der Waals surface area contributed by atoms with E-state index in [4.69, 9.17) is 5.11 Å². The van der Waals surface area contributed by atoms with Crippen LogP contribution in [-0.2, 0) is 4.79 Å². The summed E-state index contributed by atoms with van der Waals surface area (Å²) in [6.07, 6.45) is 1.02. The van der Waals surface area contributed by atoms with Crippen molar-refractivity contribution >= 4 is 23.8 Å². The third-order valence-corrected chi connectivity index (χ3v) is 4.64. The molecule has 2 aliphatic heterocycles. The minimum absolute atomic E-state index is 0.0382. The number of carbonyl (C=O) groups is 2. The highest BCUT2D eigenvalue weighted by Crippen LogP contribution is 2.24. The molecule has 0 bridgehead atoms. The van der Waals surface area contributed by atoms with E-state index in [9.17, 15) is 9.59 Å². The van der Waals surface area contributed by atoms with E-state index in [1.54, 1.807) is 4.90 Å². The molecule has 2 aliphatic rings. The van der Waals surface area contributed by atoms with Crippen LogP contribution in [-0.4, -0.2) is 52.6 Å². The first-order chi connectivity index (χ1) is 8.08. The number of carboxylic acids is 1. The lowest BCUT2D eigenvalue weighted by molar-refractivity contribution is -0.142. The summed E-state index contributed by atoms with van der Waals surface area (Å²) in [7, 11) is 0. The number of urea groups is 1. The predicted octanol–water partition coefficient (Wildman–Crippen LogP) is 0.854. The lowest BCUT2D eigenvalue weighted by Crippen LogP contribution is -2.44. The van der Waals surface area contributed by atoms with Crippen LogP contribution < -0.4 is 5.32 Å². The summed E-state index contributed by atoms with van der Waals surface area (Å²) in [5, 5.41) is 12.0. The Bertz CT molecular complexity index is 318. The molecule has 0 aromatic heterocycles. The molecule has 2 N–H and O–H groups in total. The van der Waals surface area contributed by atoms with Gasteiger partial charge in [0.15, 0.2) is 0 Å².